The van der Waals surface area contributed by atoms with Crippen molar-refractivity contribution in [2.45, 2.75) is 52.7 Å². The maximum absolute atomic E-state index is 12.0. The first-order valence-electron chi connectivity index (χ1n) is 13.4. The van der Waals surface area contributed by atoms with Crippen LogP contribution in [0.4, 0.5) is 9.59 Å². The van der Waals surface area contributed by atoms with Crippen molar-refractivity contribution in [1.29, 1.82) is 0 Å². The third-order valence-electron chi connectivity index (χ3n) is 4.86. The molecule has 2 amide bonds. The fourth-order valence-electron chi connectivity index (χ4n) is 3.02. The summed E-state index contributed by atoms with van der Waals surface area (Å²) in [6.45, 7) is 12.2. The number of aldehydes is 1. The zero-order valence-corrected chi connectivity index (χ0v) is 29.4. The number of aliphatic hydroxyl groups excluding tert-OH is 1. The zero-order valence-electron chi connectivity index (χ0n) is 25.1. The van der Waals surface area contributed by atoms with Crippen molar-refractivity contribution in [2.24, 2.45) is 0 Å². The standard InChI is InChI=1S/C15H22INO4.C15H20INO4/c2*1-15(2,3)21-14(19)17(8-10-18)9-11-20-13-6-4-12(16)5-7-13/h4-7,18H,8-11H2,1-3H3;4-7,10H,8-9,11H2,1-3H3. The van der Waals surface area contributed by atoms with Crippen LogP contribution < -0.4 is 9.47 Å². The molecule has 42 heavy (non-hydrogen) atoms. The zero-order chi connectivity index (χ0) is 31.8. The van der Waals surface area contributed by atoms with E-state index in [-0.39, 0.29) is 19.7 Å². The van der Waals surface area contributed by atoms with Gasteiger partial charge in [-0.3, -0.25) is 4.90 Å². The number of ether oxygens (including phenoxy) is 4. The van der Waals surface area contributed by atoms with Crippen LogP contribution in [0.2, 0.25) is 0 Å². The van der Waals surface area contributed by atoms with E-state index in [9.17, 15) is 14.4 Å². The number of aliphatic hydroxyl groups is 1. The van der Waals surface area contributed by atoms with E-state index in [4.69, 9.17) is 24.1 Å². The van der Waals surface area contributed by atoms with Gasteiger partial charge in [0.15, 0.2) is 0 Å². The summed E-state index contributed by atoms with van der Waals surface area (Å²) < 4.78 is 23.9. The van der Waals surface area contributed by atoms with Crippen LogP contribution in [-0.4, -0.2) is 90.6 Å². The van der Waals surface area contributed by atoms with Crippen LogP contribution >= 0.6 is 45.2 Å². The molecule has 234 valence electrons. The van der Waals surface area contributed by atoms with Crippen LogP contribution in [0.1, 0.15) is 41.5 Å². The molecule has 0 fully saturated rings. The first-order valence-corrected chi connectivity index (χ1v) is 15.6. The number of hydrogen-bond donors (Lipinski definition) is 1. The molecular formula is C30H42I2N2O8. The number of rotatable bonds is 12. The molecule has 2 rings (SSSR count). The minimum Gasteiger partial charge on any atom is -0.492 e. The lowest BCUT2D eigenvalue weighted by atomic mass is 10.2. The van der Waals surface area contributed by atoms with E-state index < -0.39 is 23.4 Å². The molecule has 2 aromatic rings. The highest BCUT2D eigenvalue weighted by Crippen LogP contribution is 2.15. The smallest absolute Gasteiger partial charge is 0.410 e. The summed E-state index contributed by atoms with van der Waals surface area (Å²) in [6, 6.07) is 15.3. The van der Waals surface area contributed by atoms with E-state index in [2.05, 4.69) is 45.2 Å². The van der Waals surface area contributed by atoms with Gasteiger partial charge in [0.1, 0.15) is 42.2 Å². The number of nitrogens with zero attached hydrogens (tertiary/aromatic N) is 2. The largest absolute Gasteiger partial charge is 0.492 e. The average molecular weight is 812 g/mol. The van der Waals surface area contributed by atoms with E-state index in [1.54, 1.807) is 20.8 Å². The Morgan fingerprint density at radius 2 is 1.10 bits per heavy atom. The van der Waals surface area contributed by atoms with E-state index in [0.29, 0.717) is 32.6 Å². The number of amides is 2. The van der Waals surface area contributed by atoms with E-state index in [1.165, 1.54) is 9.80 Å². The highest BCUT2D eigenvalue weighted by atomic mass is 127. The Labute approximate surface area is 276 Å². The van der Waals surface area contributed by atoms with Gasteiger partial charge >= 0.3 is 12.2 Å². The molecule has 0 aliphatic rings. The maximum atomic E-state index is 12.0. The van der Waals surface area contributed by atoms with Crippen molar-refractivity contribution in [2.75, 3.05) is 46.0 Å². The Kier molecular flexibility index (Phi) is 17.1. The van der Waals surface area contributed by atoms with Gasteiger partial charge in [-0.1, -0.05) is 0 Å². The Balaban J connectivity index is 0.000000420. The topological polar surface area (TPSA) is 115 Å². The number of carbonyl (C=O) groups excluding carboxylic acids is 3. The summed E-state index contributed by atoms with van der Waals surface area (Å²) >= 11 is 4.44. The number of benzene rings is 2. The highest BCUT2D eigenvalue weighted by Gasteiger charge is 2.22. The molecule has 0 heterocycles. The third-order valence-corrected chi connectivity index (χ3v) is 6.29. The highest BCUT2D eigenvalue weighted by molar-refractivity contribution is 14.1. The minimum atomic E-state index is -0.588. The Bertz CT molecular complexity index is 1080. The van der Waals surface area contributed by atoms with Crippen LogP contribution in [-0.2, 0) is 14.3 Å². The summed E-state index contributed by atoms with van der Waals surface area (Å²) in [6.07, 6.45) is -0.280. The molecule has 0 atom stereocenters. The fourth-order valence-corrected chi connectivity index (χ4v) is 3.74. The Morgan fingerprint density at radius 1 is 0.714 bits per heavy atom. The van der Waals surface area contributed by atoms with Gasteiger partial charge < -0.3 is 33.7 Å². The monoisotopic (exact) mass is 812 g/mol. The van der Waals surface area contributed by atoms with Gasteiger partial charge in [-0.05, 0) is 135 Å². The van der Waals surface area contributed by atoms with Gasteiger partial charge in [-0.2, -0.15) is 0 Å². The normalized spacial score (nSPS) is 11.0. The van der Waals surface area contributed by atoms with E-state index in [0.717, 1.165) is 18.6 Å². The van der Waals surface area contributed by atoms with E-state index >= 15 is 0 Å². The molecule has 0 unspecified atom stereocenters. The molecule has 2 aromatic carbocycles. The average Bonchev–Trinajstić information content (AvgIpc) is 2.88. The van der Waals surface area contributed by atoms with Gasteiger partial charge in [0.25, 0.3) is 0 Å². The lowest BCUT2D eigenvalue weighted by molar-refractivity contribution is -0.109. The molecule has 0 bridgehead atoms. The molecule has 10 nitrogen and oxygen atoms in total. The Hall–Kier alpha value is -2.33. The van der Waals surface area contributed by atoms with Gasteiger partial charge in [-0.15, -0.1) is 0 Å². The van der Waals surface area contributed by atoms with Crippen molar-refractivity contribution in [3.8, 4) is 11.5 Å². The first kappa shape index (κ1) is 37.7. The third kappa shape index (κ3) is 17.6. The second-order valence-corrected chi connectivity index (χ2v) is 13.4. The molecule has 0 saturated heterocycles. The van der Waals surface area contributed by atoms with Crippen LogP contribution in [0, 0.1) is 7.14 Å². The Morgan fingerprint density at radius 3 is 1.45 bits per heavy atom. The van der Waals surface area contributed by atoms with E-state index in [1.807, 2.05) is 69.3 Å². The maximum Gasteiger partial charge on any atom is 0.410 e. The summed E-state index contributed by atoms with van der Waals surface area (Å²) in [5.41, 5.74) is -1.14. The fraction of sp³-hybridized carbons (Fsp3) is 0.500. The van der Waals surface area contributed by atoms with Gasteiger partial charge in [0, 0.05) is 13.7 Å². The van der Waals surface area contributed by atoms with Gasteiger partial charge in [-0.25, -0.2) is 9.59 Å². The first-order chi connectivity index (χ1) is 19.6. The predicted octanol–water partition coefficient (Wildman–Crippen LogP) is 6.01. The molecule has 0 spiro atoms. The SMILES string of the molecule is CC(C)(C)OC(=O)N(CC=O)CCOc1ccc(I)cc1.CC(C)(C)OC(=O)N(CCO)CCOc1ccc(I)cc1. The lowest BCUT2D eigenvalue weighted by Crippen LogP contribution is -2.40. The van der Waals surface area contributed by atoms with Gasteiger partial charge in [0.2, 0.25) is 0 Å². The summed E-state index contributed by atoms with van der Waals surface area (Å²) in [5.74, 6) is 1.48. The molecule has 0 saturated carbocycles. The minimum absolute atomic E-state index is 0.00897. The molecule has 1 N–H and O–H groups in total. The van der Waals surface area contributed by atoms with Crippen LogP contribution in [0.5, 0.6) is 11.5 Å². The molecule has 0 aliphatic heterocycles. The molecule has 12 heteroatoms. The number of hydrogen-bond acceptors (Lipinski definition) is 8. The van der Waals surface area contributed by atoms with Crippen LogP contribution in [0.25, 0.3) is 0 Å². The number of carbonyl (C=O) groups is 3. The quantitative estimate of drug-likeness (QED) is 0.205. The lowest BCUT2D eigenvalue weighted by Gasteiger charge is -2.26. The van der Waals surface area contributed by atoms with Crippen LogP contribution in [0.15, 0.2) is 48.5 Å². The summed E-state index contributed by atoms with van der Waals surface area (Å²) in [4.78, 5) is 37.3. The van der Waals surface area contributed by atoms with Crippen molar-refractivity contribution >= 4 is 63.7 Å². The number of halogens is 2. The van der Waals surface area contributed by atoms with Crippen molar-refractivity contribution in [1.82, 2.24) is 9.80 Å². The van der Waals surface area contributed by atoms with Crippen LogP contribution in [0.3, 0.4) is 0 Å². The predicted molar refractivity (Wildman–Crippen MR) is 178 cm³/mol. The van der Waals surface area contributed by atoms with Gasteiger partial charge in [0.05, 0.1) is 26.2 Å². The van der Waals surface area contributed by atoms with Crippen molar-refractivity contribution in [3.63, 3.8) is 0 Å². The molecular weight excluding hydrogens is 770 g/mol. The summed E-state index contributed by atoms with van der Waals surface area (Å²) in [5, 5.41) is 9.04. The molecule has 0 aliphatic carbocycles. The summed E-state index contributed by atoms with van der Waals surface area (Å²) in [7, 11) is 0. The second-order valence-electron chi connectivity index (χ2n) is 10.9. The second kappa shape index (κ2) is 19.1. The molecule has 0 aromatic heterocycles. The van der Waals surface area contributed by atoms with Crippen molar-refractivity contribution < 1.29 is 38.4 Å². The van der Waals surface area contributed by atoms with Crippen molar-refractivity contribution in [3.05, 3.63) is 55.7 Å². The molecule has 0 radical (unpaired) electrons.